The van der Waals surface area contributed by atoms with Crippen LogP contribution in [0.25, 0.3) is 0 Å². The fourth-order valence-electron chi connectivity index (χ4n) is 3.41. The number of amides is 2. The van der Waals surface area contributed by atoms with Crippen molar-refractivity contribution in [1.82, 2.24) is 15.2 Å². The largest absolute Gasteiger partial charge is 0.457 e. The maximum absolute atomic E-state index is 13.2. The van der Waals surface area contributed by atoms with Crippen molar-refractivity contribution in [2.45, 2.75) is 57.2 Å². The lowest BCUT2D eigenvalue weighted by molar-refractivity contribution is -0.179. The van der Waals surface area contributed by atoms with Crippen molar-refractivity contribution < 1.29 is 33.5 Å². The molecule has 35 heavy (non-hydrogen) atoms. The van der Waals surface area contributed by atoms with E-state index in [4.69, 9.17) is 20.0 Å². The third kappa shape index (κ3) is 4.85. The van der Waals surface area contributed by atoms with E-state index in [2.05, 4.69) is 15.5 Å². The lowest BCUT2D eigenvalue weighted by Gasteiger charge is -2.48. The van der Waals surface area contributed by atoms with Gasteiger partial charge in [-0.15, -0.1) is 23.1 Å². The second kappa shape index (κ2) is 8.82. The lowest BCUT2D eigenvalue weighted by atomic mass is 10.0. The Balaban J connectivity index is 1.52. The average molecular weight is 524 g/mol. The van der Waals surface area contributed by atoms with Gasteiger partial charge in [-0.25, -0.2) is 14.6 Å². The highest BCUT2D eigenvalue weighted by atomic mass is 32.2. The number of carbonyl (C=O) groups excluding carboxylic acids is 4. The third-order valence-electron chi connectivity index (χ3n) is 5.14. The van der Waals surface area contributed by atoms with Crippen molar-refractivity contribution in [3.8, 4) is 0 Å². The summed E-state index contributed by atoms with van der Waals surface area (Å²) in [5.74, 6) is -1.89. The van der Waals surface area contributed by atoms with Crippen LogP contribution in [0.5, 0.6) is 0 Å². The Kier molecular flexibility index (Phi) is 6.30. The summed E-state index contributed by atoms with van der Waals surface area (Å²) < 4.78 is 10.4. The first-order chi connectivity index (χ1) is 16.3. The normalized spacial score (nSPS) is 22.2. The van der Waals surface area contributed by atoms with E-state index in [1.807, 2.05) is 0 Å². The summed E-state index contributed by atoms with van der Waals surface area (Å²) in [5, 5.41) is 7.80. The summed E-state index contributed by atoms with van der Waals surface area (Å²) in [5.41, 5.74) is 4.32. The SMILES string of the molecule is CC(C)(C)OC(=O)C(C)(C)O/N=C(\C(=O)N[C@@H]1C(=O)N2C3=C(COC3=O)CS[C@H]12)c1csc(N)n1. The van der Waals surface area contributed by atoms with Crippen LogP contribution in [0.4, 0.5) is 5.13 Å². The Bertz CT molecular complexity index is 1170. The maximum Gasteiger partial charge on any atom is 0.355 e. The predicted molar refractivity (Wildman–Crippen MR) is 127 cm³/mol. The first kappa shape index (κ1) is 25.0. The zero-order valence-electron chi connectivity index (χ0n) is 19.7. The van der Waals surface area contributed by atoms with Crippen LogP contribution in [-0.2, 0) is 33.5 Å². The molecule has 1 saturated heterocycles. The quantitative estimate of drug-likeness (QED) is 0.236. The smallest absolute Gasteiger partial charge is 0.355 e. The minimum atomic E-state index is -1.52. The number of hydrogen-bond donors (Lipinski definition) is 2. The van der Waals surface area contributed by atoms with E-state index in [0.29, 0.717) is 5.75 Å². The molecule has 1 aromatic heterocycles. The van der Waals surface area contributed by atoms with Gasteiger partial charge in [-0.3, -0.25) is 14.5 Å². The first-order valence-electron chi connectivity index (χ1n) is 10.6. The highest BCUT2D eigenvalue weighted by molar-refractivity contribution is 8.00. The Labute approximate surface area is 209 Å². The second-order valence-electron chi connectivity index (χ2n) is 9.50. The number of fused-ring (bicyclic) bond motifs is 2. The van der Waals surface area contributed by atoms with E-state index in [-0.39, 0.29) is 28.8 Å². The number of nitrogens with zero attached hydrogens (tertiary/aromatic N) is 3. The first-order valence-corrected chi connectivity index (χ1v) is 12.6. The molecule has 0 spiro atoms. The standard InChI is InChI=1S/C21H25N5O7S2/c1-20(2,3)32-18(30)21(4,5)33-25-11(10-8-35-19(22)23-10)14(27)24-12-15(28)26-13-9(6-31-17(13)29)7-34-16(12)26/h8,12,16H,6-7H2,1-5H3,(H2,22,23)(H,24,27)/b25-11-/t12-,16-/m1/s1. The fourth-order valence-corrected chi connectivity index (χ4v) is 5.29. The van der Waals surface area contributed by atoms with Crippen LogP contribution in [0.15, 0.2) is 21.8 Å². The number of nitrogens with two attached hydrogens (primary N) is 1. The number of rotatable bonds is 6. The monoisotopic (exact) mass is 523 g/mol. The molecule has 4 heterocycles. The third-order valence-corrected chi connectivity index (χ3v) is 7.15. The molecule has 3 aliphatic heterocycles. The number of thioether (sulfide) groups is 1. The van der Waals surface area contributed by atoms with Gasteiger partial charge in [-0.2, -0.15) is 0 Å². The number of nitrogen functional groups attached to an aromatic ring is 1. The molecule has 0 unspecified atom stereocenters. The zero-order chi connectivity index (χ0) is 25.7. The number of cyclic esters (lactones) is 1. The summed E-state index contributed by atoms with van der Waals surface area (Å²) in [6.45, 7) is 8.22. The Morgan fingerprint density at radius 1 is 1.29 bits per heavy atom. The molecule has 1 fully saturated rings. The summed E-state index contributed by atoms with van der Waals surface area (Å²) in [6.07, 6.45) is 0. The number of β-lactam (4-membered cyclic amide) rings is 1. The highest BCUT2D eigenvalue weighted by Crippen LogP contribution is 2.42. The molecule has 2 amide bonds. The van der Waals surface area contributed by atoms with Crippen molar-refractivity contribution in [2.75, 3.05) is 18.1 Å². The van der Waals surface area contributed by atoms with E-state index in [0.717, 1.165) is 16.9 Å². The minimum absolute atomic E-state index is 0.120. The van der Waals surface area contributed by atoms with Crippen LogP contribution in [-0.4, -0.2) is 74.3 Å². The van der Waals surface area contributed by atoms with Gasteiger partial charge in [-0.1, -0.05) is 5.16 Å². The van der Waals surface area contributed by atoms with Gasteiger partial charge in [0.2, 0.25) is 5.60 Å². The van der Waals surface area contributed by atoms with Crippen molar-refractivity contribution in [2.24, 2.45) is 5.16 Å². The Morgan fingerprint density at radius 3 is 2.63 bits per heavy atom. The number of hydrogen-bond acceptors (Lipinski definition) is 12. The molecule has 2 atom stereocenters. The van der Waals surface area contributed by atoms with Gasteiger partial charge in [0.15, 0.2) is 10.8 Å². The molecule has 14 heteroatoms. The molecule has 0 aliphatic carbocycles. The molecule has 3 aliphatic rings. The molecule has 3 N–H and O–H groups in total. The molecular formula is C21H25N5O7S2. The van der Waals surface area contributed by atoms with Gasteiger partial charge in [0, 0.05) is 16.7 Å². The number of oxime groups is 1. The zero-order valence-corrected chi connectivity index (χ0v) is 21.4. The number of carbonyl (C=O) groups is 4. The number of anilines is 1. The maximum atomic E-state index is 13.2. The number of aromatic nitrogens is 1. The fraction of sp³-hybridized carbons (Fsp3) is 0.524. The van der Waals surface area contributed by atoms with Gasteiger partial charge in [0.25, 0.3) is 11.8 Å². The molecule has 188 valence electrons. The van der Waals surface area contributed by atoms with Crippen molar-refractivity contribution in [3.05, 3.63) is 22.3 Å². The van der Waals surface area contributed by atoms with E-state index >= 15 is 0 Å². The average Bonchev–Trinajstić information content (AvgIpc) is 3.35. The van der Waals surface area contributed by atoms with Gasteiger partial charge in [0.05, 0.1) is 0 Å². The number of ether oxygens (including phenoxy) is 2. The van der Waals surface area contributed by atoms with Crippen LogP contribution in [0.2, 0.25) is 0 Å². The summed E-state index contributed by atoms with van der Waals surface area (Å²) in [6, 6.07) is -0.894. The topological polar surface area (TPSA) is 163 Å². The van der Waals surface area contributed by atoms with E-state index in [1.165, 1.54) is 35.9 Å². The van der Waals surface area contributed by atoms with E-state index in [9.17, 15) is 19.2 Å². The Morgan fingerprint density at radius 2 is 2.00 bits per heavy atom. The van der Waals surface area contributed by atoms with E-state index in [1.54, 1.807) is 20.8 Å². The lowest BCUT2D eigenvalue weighted by Crippen LogP contribution is -2.70. The minimum Gasteiger partial charge on any atom is -0.457 e. The molecule has 4 rings (SSSR count). The molecular weight excluding hydrogens is 498 g/mol. The summed E-state index contributed by atoms with van der Waals surface area (Å²) in [4.78, 5) is 61.4. The molecule has 0 aromatic carbocycles. The molecule has 0 bridgehead atoms. The van der Waals surface area contributed by atoms with Crippen LogP contribution in [0.1, 0.15) is 40.3 Å². The predicted octanol–water partition coefficient (Wildman–Crippen LogP) is 0.777. The van der Waals surface area contributed by atoms with Crippen molar-refractivity contribution in [1.29, 1.82) is 0 Å². The molecule has 12 nitrogen and oxygen atoms in total. The van der Waals surface area contributed by atoms with Gasteiger partial charge in [0.1, 0.15) is 35.0 Å². The van der Waals surface area contributed by atoms with Crippen molar-refractivity contribution in [3.63, 3.8) is 0 Å². The van der Waals surface area contributed by atoms with Crippen molar-refractivity contribution >= 4 is 57.7 Å². The molecule has 0 saturated carbocycles. The molecule has 1 aromatic rings. The Hall–Kier alpha value is -3.13. The van der Waals surface area contributed by atoms with E-state index < -0.39 is 46.4 Å². The van der Waals surface area contributed by atoms with Gasteiger partial charge < -0.3 is 25.4 Å². The highest BCUT2D eigenvalue weighted by Gasteiger charge is 2.56. The summed E-state index contributed by atoms with van der Waals surface area (Å²) in [7, 11) is 0. The van der Waals surface area contributed by atoms with Gasteiger partial charge in [-0.05, 0) is 34.6 Å². The number of thiazole rings is 1. The van der Waals surface area contributed by atoms with Crippen LogP contribution in [0, 0.1) is 0 Å². The van der Waals surface area contributed by atoms with Gasteiger partial charge >= 0.3 is 11.9 Å². The molecule has 0 radical (unpaired) electrons. The van der Waals surface area contributed by atoms with Crippen LogP contribution < -0.4 is 11.1 Å². The summed E-state index contributed by atoms with van der Waals surface area (Å²) >= 11 is 2.51. The second-order valence-corrected chi connectivity index (χ2v) is 11.5. The van der Waals surface area contributed by atoms with Crippen LogP contribution >= 0.6 is 23.1 Å². The number of esters is 2. The number of nitrogens with one attached hydrogen (secondary N) is 1. The van der Waals surface area contributed by atoms with Crippen LogP contribution in [0.3, 0.4) is 0 Å².